The van der Waals surface area contributed by atoms with Crippen LogP contribution in [0.3, 0.4) is 0 Å². The van der Waals surface area contributed by atoms with Crippen molar-refractivity contribution in [3.8, 4) is 0 Å². The van der Waals surface area contributed by atoms with Crippen molar-refractivity contribution in [3.05, 3.63) is 64.2 Å². The van der Waals surface area contributed by atoms with Crippen LogP contribution in [0.1, 0.15) is 62.5 Å². The zero-order valence-corrected chi connectivity index (χ0v) is 17.3. The van der Waals surface area contributed by atoms with Gasteiger partial charge in [0, 0.05) is 36.3 Å². The summed E-state index contributed by atoms with van der Waals surface area (Å²) in [5.41, 5.74) is 1.93. The average Bonchev–Trinajstić information content (AvgIpc) is 2.74. The molecule has 6 nitrogen and oxygen atoms in total. The van der Waals surface area contributed by atoms with Crippen molar-refractivity contribution in [3.63, 3.8) is 0 Å². The second-order valence-electron chi connectivity index (χ2n) is 8.42. The van der Waals surface area contributed by atoms with Gasteiger partial charge in [-0.25, -0.2) is 0 Å². The Bertz CT molecular complexity index is 1020. The molecule has 0 saturated carbocycles. The molecule has 4 rings (SSSR count). The van der Waals surface area contributed by atoms with Gasteiger partial charge >= 0.3 is 0 Å². The van der Waals surface area contributed by atoms with E-state index in [-0.39, 0.29) is 41.8 Å². The zero-order valence-electron chi connectivity index (χ0n) is 17.3. The molecule has 0 spiro atoms. The zero-order chi connectivity index (χ0) is 21.4. The Kier molecular flexibility index (Phi) is 5.43. The lowest BCUT2D eigenvalue weighted by Gasteiger charge is -2.35. The topological polar surface area (TPSA) is 86.7 Å². The molecule has 1 heterocycles. The van der Waals surface area contributed by atoms with E-state index in [1.54, 1.807) is 36.4 Å². The Labute approximate surface area is 175 Å². The number of anilines is 1. The van der Waals surface area contributed by atoms with Crippen LogP contribution in [0.4, 0.5) is 5.69 Å². The monoisotopic (exact) mass is 406 g/mol. The van der Waals surface area contributed by atoms with E-state index in [9.17, 15) is 19.5 Å². The number of hydrogen-bond acceptors (Lipinski definition) is 5. The summed E-state index contributed by atoms with van der Waals surface area (Å²) in [5, 5.41) is 12.4. The Balaban J connectivity index is 1.82. The molecule has 1 saturated heterocycles. The van der Waals surface area contributed by atoms with Gasteiger partial charge in [0.25, 0.3) is 5.91 Å². The fourth-order valence-electron chi connectivity index (χ4n) is 4.73. The van der Waals surface area contributed by atoms with Crippen LogP contribution >= 0.6 is 0 Å². The van der Waals surface area contributed by atoms with Crippen LogP contribution in [0.5, 0.6) is 0 Å². The molecular formula is C24H26N2O4. The van der Waals surface area contributed by atoms with Gasteiger partial charge in [-0.15, -0.1) is 0 Å². The number of ketones is 2. The summed E-state index contributed by atoms with van der Waals surface area (Å²) in [4.78, 5) is 41.6. The third-order valence-electron chi connectivity index (χ3n) is 5.89. The number of rotatable bonds is 4. The Morgan fingerprint density at radius 1 is 1.00 bits per heavy atom. The van der Waals surface area contributed by atoms with Crippen molar-refractivity contribution in [1.82, 2.24) is 4.90 Å². The summed E-state index contributed by atoms with van der Waals surface area (Å²) in [7, 11) is 0. The number of carbonyl (C=O) groups excluding carboxylic acids is 3. The quantitative estimate of drug-likeness (QED) is 0.696. The predicted molar refractivity (Wildman–Crippen MR) is 114 cm³/mol. The first-order chi connectivity index (χ1) is 14.4. The molecule has 0 radical (unpaired) electrons. The number of benzene rings is 2. The number of carbonyl (C=O) groups is 3. The molecule has 1 aliphatic carbocycles. The summed E-state index contributed by atoms with van der Waals surface area (Å²) in [5.74, 6) is 0.136. The summed E-state index contributed by atoms with van der Waals surface area (Å²) in [6.45, 7) is 5.60. The van der Waals surface area contributed by atoms with E-state index in [0.29, 0.717) is 47.3 Å². The van der Waals surface area contributed by atoms with Crippen LogP contribution in [0.2, 0.25) is 0 Å². The number of piperidine rings is 1. The third kappa shape index (κ3) is 3.41. The number of nitrogens with zero attached hydrogens (tertiary/aromatic N) is 1. The fourth-order valence-corrected chi connectivity index (χ4v) is 4.73. The Morgan fingerprint density at radius 3 is 2.27 bits per heavy atom. The van der Waals surface area contributed by atoms with Crippen molar-refractivity contribution >= 4 is 23.2 Å². The maximum absolute atomic E-state index is 13.4. The Hall–Kier alpha value is -2.99. The highest BCUT2D eigenvalue weighted by molar-refractivity contribution is 6.31. The van der Waals surface area contributed by atoms with Crippen molar-refractivity contribution in [2.75, 3.05) is 31.6 Å². The molecule has 6 heteroatoms. The maximum Gasteiger partial charge on any atom is 0.255 e. The van der Waals surface area contributed by atoms with Gasteiger partial charge in [-0.1, -0.05) is 38.1 Å². The lowest BCUT2D eigenvalue weighted by molar-refractivity contribution is 0.0623. The summed E-state index contributed by atoms with van der Waals surface area (Å²) < 4.78 is 0. The van der Waals surface area contributed by atoms with Crippen LogP contribution in [0.25, 0.3) is 0 Å². The smallest absolute Gasteiger partial charge is 0.255 e. The summed E-state index contributed by atoms with van der Waals surface area (Å²) >= 11 is 0. The van der Waals surface area contributed by atoms with Gasteiger partial charge < -0.3 is 15.3 Å². The van der Waals surface area contributed by atoms with E-state index >= 15 is 0 Å². The summed E-state index contributed by atoms with van der Waals surface area (Å²) in [6, 6.07) is 9.95. The van der Waals surface area contributed by atoms with Gasteiger partial charge in [0.2, 0.25) is 0 Å². The molecule has 1 amide bonds. The van der Waals surface area contributed by atoms with Gasteiger partial charge in [-0.05, 0) is 30.4 Å². The molecule has 156 valence electrons. The average molecular weight is 406 g/mol. The van der Waals surface area contributed by atoms with E-state index in [2.05, 4.69) is 19.2 Å². The molecular weight excluding hydrogens is 380 g/mol. The first kappa shape index (κ1) is 20.3. The molecule has 1 fully saturated rings. The molecule has 0 aromatic heterocycles. The maximum atomic E-state index is 13.4. The number of aliphatic hydroxyl groups excluding tert-OH is 1. The first-order valence-corrected chi connectivity index (χ1v) is 10.4. The molecule has 0 bridgehead atoms. The van der Waals surface area contributed by atoms with Crippen LogP contribution in [-0.2, 0) is 0 Å². The summed E-state index contributed by atoms with van der Waals surface area (Å²) in [6.07, 6.45) is 1.08. The largest absolute Gasteiger partial charge is 0.395 e. The number of amides is 1. The van der Waals surface area contributed by atoms with Crippen molar-refractivity contribution in [2.24, 2.45) is 11.8 Å². The third-order valence-corrected chi connectivity index (χ3v) is 5.89. The first-order valence-electron chi connectivity index (χ1n) is 10.4. The standard InChI is InChI=1S/C24H26N2O4/c1-14-11-15(2)13-26(12-14)24(30)19-8-7-18-20(21(19)25-9-10-27)23(29)17-6-4-3-5-16(17)22(18)28/h3-8,14-15,25,27H,9-13H2,1-2H3/t14-,15-/m0/s1. The predicted octanol–water partition coefficient (Wildman–Crippen LogP) is 2.98. The SMILES string of the molecule is C[C@H]1C[C@H](C)CN(C(=O)c2ccc3c(c2NCCO)C(=O)c2ccccc2C3=O)C1. The van der Waals surface area contributed by atoms with Gasteiger partial charge in [-0.2, -0.15) is 0 Å². The number of fused-ring (bicyclic) bond motifs is 2. The highest BCUT2D eigenvalue weighted by Crippen LogP contribution is 2.35. The highest BCUT2D eigenvalue weighted by atomic mass is 16.3. The van der Waals surface area contributed by atoms with Crippen molar-refractivity contribution in [1.29, 1.82) is 0 Å². The molecule has 2 aromatic carbocycles. The molecule has 0 unspecified atom stereocenters. The Morgan fingerprint density at radius 2 is 1.63 bits per heavy atom. The van der Waals surface area contributed by atoms with E-state index < -0.39 is 0 Å². The second-order valence-corrected chi connectivity index (χ2v) is 8.42. The minimum Gasteiger partial charge on any atom is -0.395 e. The lowest BCUT2D eigenvalue weighted by Crippen LogP contribution is -2.43. The van der Waals surface area contributed by atoms with E-state index in [0.717, 1.165) is 6.42 Å². The van der Waals surface area contributed by atoms with Crippen LogP contribution in [0, 0.1) is 11.8 Å². The van der Waals surface area contributed by atoms with Gasteiger partial charge in [-0.3, -0.25) is 14.4 Å². The van der Waals surface area contributed by atoms with Crippen LogP contribution < -0.4 is 5.32 Å². The van der Waals surface area contributed by atoms with Gasteiger partial charge in [0.1, 0.15) is 0 Å². The minimum atomic E-state index is -0.282. The molecule has 2 N–H and O–H groups in total. The van der Waals surface area contributed by atoms with Gasteiger partial charge in [0.05, 0.1) is 23.4 Å². The fraction of sp³-hybridized carbons (Fsp3) is 0.375. The van der Waals surface area contributed by atoms with Crippen molar-refractivity contribution < 1.29 is 19.5 Å². The van der Waals surface area contributed by atoms with Crippen molar-refractivity contribution in [2.45, 2.75) is 20.3 Å². The molecule has 1 aliphatic heterocycles. The number of nitrogens with one attached hydrogen (secondary N) is 1. The second kappa shape index (κ2) is 8.03. The number of hydrogen-bond donors (Lipinski definition) is 2. The van der Waals surface area contributed by atoms with Gasteiger partial charge in [0.15, 0.2) is 11.6 Å². The molecule has 2 aliphatic rings. The number of likely N-dealkylation sites (tertiary alicyclic amines) is 1. The highest BCUT2D eigenvalue weighted by Gasteiger charge is 2.35. The van der Waals surface area contributed by atoms with Crippen LogP contribution in [-0.4, -0.2) is 53.7 Å². The van der Waals surface area contributed by atoms with Crippen LogP contribution in [0.15, 0.2) is 36.4 Å². The van der Waals surface area contributed by atoms with E-state index in [4.69, 9.17) is 0 Å². The lowest BCUT2D eigenvalue weighted by atomic mass is 9.82. The molecule has 2 atom stereocenters. The van der Waals surface area contributed by atoms with E-state index in [1.165, 1.54) is 0 Å². The minimum absolute atomic E-state index is 0.157. The molecule has 30 heavy (non-hydrogen) atoms. The normalized spacial score (nSPS) is 20.6. The van der Waals surface area contributed by atoms with E-state index in [1.807, 2.05) is 4.90 Å². The number of aliphatic hydroxyl groups is 1. The molecule has 2 aromatic rings.